The van der Waals surface area contributed by atoms with Crippen molar-refractivity contribution in [3.05, 3.63) is 29.8 Å². The molecule has 1 aliphatic rings. The van der Waals surface area contributed by atoms with Crippen LogP contribution in [-0.4, -0.2) is 38.1 Å². The molecule has 1 aliphatic carbocycles. The number of ether oxygens (including phenoxy) is 2. The SMILES string of the molecule is COc1ccc(CNC(=O)N[C@H]2CCC[C@H](OCC(F)(F)F)C2)cc1. The van der Waals surface area contributed by atoms with Gasteiger partial charge in [-0.3, -0.25) is 0 Å². The van der Waals surface area contributed by atoms with Crippen molar-refractivity contribution >= 4 is 6.03 Å². The Labute approximate surface area is 144 Å². The molecule has 0 heterocycles. The fraction of sp³-hybridized carbons (Fsp3) is 0.588. The topological polar surface area (TPSA) is 59.6 Å². The summed E-state index contributed by atoms with van der Waals surface area (Å²) < 4.78 is 46.6. The van der Waals surface area contributed by atoms with Crippen LogP contribution in [-0.2, 0) is 11.3 Å². The third kappa shape index (κ3) is 7.21. The first-order valence-corrected chi connectivity index (χ1v) is 8.21. The summed E-state index contributed by atoms with van der Waals surface area (Å²) in [4.78, 5) is 12.0. The lowest BCUT2D eigenvalue weighted by molar-refractivity contribution is -0.188. The summed E-state index contributed by atoms with van der Waals surface area (Å²) in [6, 6.07) is 6.79. The third-order valence-corrected chi connectivity index (χ3v) is 4.06. The van der Waals surface area contributed by atoms with Gasteiger partial charge in [-0.05, 0) is 43.4 Å². The Morgan fingerprint density at radius 1 is 1.24 bits per heavy atom. The van der Waals surface area contributed by atoms with Gasteiger partial charge < -0.3 is 20.1 Å². The molecular weight excluding hydrogens is 337 g/mol. The Hall–Kier alpha value is -1.96. The molecule has 0 aliphatic heterocycles. The molecule has 2 atom stereocenters. The lowest BCUT2D eigenvalue weighted by Crippen LogP contribution is -2.45. The van der Waals surface area contributed by atoms with Crippen LogP contribution in [0.25, 0.3) is 0 Å². The van der Waals surface area contributed by atoms with Crippen molar-refractivity contribution in [2.45, 2.75) is 50.6 Å². The van der Waals surface area contributed by atoms with Crippen molar-refractivity contribution in [1.29, 1.82) is 0 Å². The molecule has 140 valence electrons. The number of hydrogen-bond acceptors (Lipinski definition) is 3. The Balaban J connectivity index is 1.71. The first kappa shape index (κ1) is 19.4. The van der Waals surface area contributed by atoms with Gasteiger partial charge in [-0.15, -0.1) is 0 Å². The normalized spacial score (nSPS) is 20.8. The Bertz CT molecular complexity index is 549. The maximum absolute atomic E-state index is 12.2. The van der Waals surface area contributed by atoms with Crippen LogP contribution in [0.2, 0.25) is 0 Å². The second-order valence-corrected chi connectivity index (χ2v) is 6.09. The maximum atomic E-state index is 12.2. The molecule has 2 amide bonds. The maximum Gasteiger partial charge on any atom is 0.411 e. The zero-order chi connectivity index (χ0) is 18.3. The van der Waals surface area contributed by atoms with Gasteiger partial charge in [0.1, 0.15) is 12.4 Å². The fourth-order valence-corrected chi connectivity index (χ4v) is 2.80. The molecule has 0 saturated heterocycles. The average molecular weight is 360 g/mol. The van der Waals surface area contributed by atoms with Crippen molar-refractivity contribution in [3.63, 3.8) is 0 Å². The molecule has 0 unspecified atom stereocenters. The number of carbonyl (C=O) groups is 1. The minimum Gasteiger partial charge on any atom is -0.497 e. The largest absolute Gasteiger partial charge is 0.497 e. The van der Waals surface area contributed by atoms with Crippen molar-refractivity contribution in [2.75, 3.05) is 13.7 Å². The lowest BCUT2D eigenvalue weighted by atomic mass is 9.93. The number of methoxy groups -OCH3 is 1. The number of halogens is 3. The third-order valence-electron chi connectivity index (χ3n) is 4.06. The summed E-state index contributed by atoms with van der Waals surface area (Å²) in [7, 11) is 1.58. The van der Waals surface area contributed by atoms with E-state index >= 15 is 0 Å². The molecule has 2 N–H and O–H groups in total. The smallest absolute Gasteiger partial charge is 0.411 e. The van der Waals surface area contributed by atoms with E-state index in [0.717, 1.165) is 24.2 Å². The van der Waals surface area contributed by atoms with E-state index in [1.165, 1.54) is 0 Å². The molecule has 0 bridgehead atoms. The molecule has 0 radical (unpaired) electrons. The Morgan fingerprint density at radius 3 is 2.60 bits per heavy atom. The van der Waals surface area contributed by atoms with Gasteiger partial charge in [0.25, 0.3) is 0 Å². The summed E-state index contributed by atoms with van der Waals surface area (Å²) in [5.41, 5.74) is 0.922. The first-order valence-electron chi connectivity index (χ1n) is 8.21. The van der Waals surface area contributed by atoms with Crippen LogP contribution >= 0.6 is 0 Å². The van der Waals surface area contributed by atoms with Gasteiger partial charge in [-0.25, -0.2) is 4.79 Å². The van der Waals surface area contributed by atoms with Gasteiger partial charge in [0, 0.05) is 12.6 Å². The highest BCUT2D eigenvalue weighted by Crippen LogP contribution is 2.24. The van der Waals surface area contributed by atoms with E-state index in [1.54, 1.807) is 19.2 Å². The highest BCUT2D eigenvalue weighted by atomic mass is 19.4. The molecule has 0 aromatic heterocycles. The van der Waals surface area contributed by atoms with Gasteiger partial charge in [-0.2, -0.15) is 13.2 Å². The monoisotopic (exact) mass is 360 g/mol. The number of benzene rings is 1. The van der Waals surface area contributed by atoms with E-state index in [9.17, 15) is 18.0 Å². The van der Waals surface area contributed by atoms with Crippen LogP contribution in [0.5, 0.6) is 5.75 Å². The minimum absolute atomic E-state index is 0.178. The van der Waals surface area contributed by atoms with Gasteiger partial charge >= 0.3 is 12.2 Å². The van der Waals surface area contributed by atoms with Crippen LogP contribution in [0.3, 0.4) is 0 Å². The lowest BCUT2D eigenvalue weighted by Gasteiger charge is -2.30. The molecule has 0 spiro atoms. The van der Waals surface area contributed by atoms with Crippen molar-refractivity contribution < 1.29 is 27.4 Å². The summed E-state index contributed by atoms with van der Waals surface area (Å²) in [6.07, 6.45) is -2.35. The molecule has 8 heteroatoms. The Kier molecular flexibility index (Phi) is 6.92. The predicted molar refractivity (Wildman–Crippen MR) is 86.4 cm³/mol. The molecule has 1 fully saturated rings. The summed E-state index contributed by atoms with van der Waals surface area (Å²) in [6.45, 7) is -0.884. The van der Waals surface area contributed by atoms with E-state index in [-0.39, 0.29) is 12.1 Å². The number of amides is 2. The zero-order valence-corrected chi connectivity index (χ0v) is 14.1. The standard InChI is InChI=1S/C17H23F3N2O3/c1-24-14-7-5-12(6-8-14)10-21-16(23)22-13-3-2-4-15(9-13)25-11-17(18,19)20/h5-8,13,15H,2-4,9-11H2,1H3,(H2,21,22,23)/t13-,15-/m0/s1. The predicted octanol–water partition coefficient (Wildman–Crippen LogP) is 3.38. The number of carbonyl (C=O) groups excluding carboxylic acids is 1. The number of alkyl halides is 3. The van der Waals surface area contributed by atoms with Gasteiger partial charge in [0.2, 0.25) is 0 Å². The van der Waals surface area contributed by atoms with Crippen LogP contribution in [0.1, 0.15) is 31.2 Å². The van der Waals surface area contributed by atoms with E-state index in [2.05, 4.69) is 10.6 Å². The van der Waals surface area contributed by atoms with Gasteiger partial charge in [-0.1, -0.05) is 12.1 Å². The molecule has 1 saturated carbocycles. The Morgan fingerprint density at radius 2 is 1.96 bits per heavy atom. The molecule has 5 nitrogen and oxygen atoms in total. The van der Waals surface area contributed by atoms with E-state index in [1.807, 2.05) is 12.1 Å². The summed E-state index contributed by atoms with van der Waals surface area (Å²) >= 11 is 0. The molecular formula is C17H23F3N2O3. The van der Waals surface area contributed by atoms with Crippen molar-refractivity contribution in [1.82, 2.24) is 10.6 Å². The average Bonchev–Trinajstić information content (AvgIpc) is 2.58. The first-order chi connectivity index (χ1) is 11.9. The molecule has 25 heavy (non-hydrogen) atoms. The van der Waals surface area contributed by atoms with E-state index in [4.69, 9.17) is 9.47 Å². The fourth-order valence-electron chi connectivity index (χ4n) is 2.80. The number of urea groups is 1. The van der Waals surface area contributed by atoms with Crippen molar-refractivity contribution in [3.8, 4) is 5.75 Å². The van der Waals surface area contributed by atoms with Crippen LogP contribution < -0.4 is 15.4 Å². The summed E-state index contributed by atoms with van der Waals surface area (Å²) in [5.74, 6) is 0.736. The second-order valence-electron chi connectivity index (χ2n) is 6.09. The highest BCUT2D eigenvalue weighted by Gasteiger charge is 2.31. The number of nitrogens with one attached hydrogen (secondary N) is 2. The van der Waals surface area contributed by atoms with E-state index < -0.39 is 18.9 Å². The highest BCUT2D eigenvalue weighted by molar-refractivity contribution is 5.74. The van der Waals surface area contributed by atoms with Crippen LogP contribution in [0, 0.1) is 0 Å². The van der Waals surface area contributed by atoms with Crippen LogP contribution in [0.4, 0.5) is 18.0 Å². The van der Waals surface area contributed by atoms with Gasteiger partial charge in [0.05, 0.1) is 13.2 Å². The summed E-state index contributed by atoms with van der Waals surface area (Å²) in [5, 5.41) is 5.55. The zero-order valence-electron chi connectivity index (χ0n) is 14.1. The number of hydrogen-bond donors (Lipinski definition) is 2. The molecule has 2 rings (SSSR count). The van der Waals surface area contributed by atoms with Gasteiger partial charge in [0.15, 0.2) is 0 Å². The second kappa shape index (κ2) is 8.94. The quantitative estimate of drug-likeness (QED) is 0.818. The number of rotatable bonds is 6. The molecule has 1 aromatic rings. The minimum atomic E-state index is -4.32. The van der Waals surface area contributed by atoms with Crippen molar-refractivity contribution in [2.24, 2.45) is 0 Å². The van der Waals surface area contributed by atoms with Crippen LogP contribution in [0.15, 0.2) is 24.3 Å². The van der Waals surface area contributed by atoms with E-state index in [0.29, 0.717) is 19.4 Å². The molecule has 1 aromatic carbocycles.